The van der Waals surface area contributed by atoms with Crippen molar-refractivity contribution in [2.75, 3.05) is 37.4 Å². The van der Waals surface area contributed by atoms with E-state index >= 15 is 0 Å². The Morgan fingerprint density at radius 3 is 2.68 bits per heavy atom. The summed E-state index contributed by atoms with van der Waals surface area (Å²) < 4.78 is 5.11. The van der Waals surface area contributed by atoms with Crippen LogP contribution in [0.5, 0.6) is 0 Å². The molecule has 0 atom stereocenters. The van der Waals surface area contributed by atoms with E-state index in [1.165, 1.54) is 6.33 Å². The Hall–Kier alpha value is -2.83. The molecule has 2 aliphatic carbocycles. The fraction of sp³-hybridized carbons (Fsp3) is 0.591. The highest BCUT2D eigenvalue weighted by Gasteiger charge is 2.42. The van der Waals surface area contributed by atoms with Crippen LogP contribution >= 0.6 is 0 Å². The summed E-state index contributed by atoms with van der Waals surface area (Å²) in [7, 11) is 1.73. The monoisotopic (exact) mass is 422 g/mol. The number of hydrogen-bond acceptors (Lipinski definition) is 9. The zero-order valence-corrected chi connectivity index (χ0v) is 18.0. The molecule has 0 radical (unpaired) electrons. The molecule has 0 unspecified atom stereocenters. The summed E-state index contributed by atoms with van der Waals surface area (Å²) in [5.74, 6) is 1.33. The number of ether oxygens (including phenoxy) is 1. The van der Waals surface area contributed by atoms with Crippen LogP contribution in [0.25, 0.3) is 11.4 Å². The molecule has 9 heteroatoms. The minimum absolute atomic E-state index is 0.227. The number of rotatable bonds is 10. The number of anilines is 2. The van der Waals surface area contributed by atoms with Crippen molar-refractivity contribution in [1.82, 2.24) is 25.3 Å². The van der Waals surface area contributed by atoms with Gasteiger partial charge in [-0.2, -0.15) is 5.26 Å². The lowest BCUT2D eigenvalue weighted by atomic mass is 9.91. The molecular weight excluding hydrogens is 392 g/mol. The summed E-state index contributed by atoms with van der Waals surface area (Å²) in [5.41, 5.74) is 1.25. The van der Waals surface area contributed by atoms with Crippen molar-refractivity contribution >= 4 is 11.8 Å². The third-order valence-corrected chi connectivity index (χ3v) is 6.08. The molecule has 2 saturated carbocycles. The number of nitrogens with one attached hydrogen (secondary N) is 3. The minimum Gasteiger partial charge on any atom is -0.383 e. The standard InChI is InChI=1S/C22H30N8O/c1-31-11-10-24-16-2-4-17(5-3-16)29-21-25-9-6-18(30-21)19-12-20(28-15-27-19)26-14-22(13-23)7-8-22/h6,9,12,15-17,24H,2-5,7-8,10-11,14H2,1H3,(H,25,29,30)(H,26,27,28). The quantitative estimate of drug-likeness (QED) is 0.496. The molecule has 0 saturated heterocycles. The summed E-state index contributed by atoms with van der Waals surface area (Å²) in [6.07, 6.45) is 9.60. The Bertz CT molecular complexity index is 902. The molecular formula is C22H30N8O. The van der Waals surface area contributed by atoms with Gasteiger partial charge in [0.2, 0.25) is 5.95 Å². The number of nitrogens with zero attached hydrogens (tertiary/aromatic N) is 5. The fourth-order valence-corrected chi connectivity index (χ4v) is 3.89. The molecule has 31 heavy (non-hydrogen) atoms. The van der Waals surface area contributed by atoms with Gasteiger partial charge in [-0.05, 0) is 44.6 Å². The summed E-state index contributed by atoms with van der Waals surface area (Å²) in [6, 6.07) is 7.04. The van der Waals surface area contributed by atoms with Crippen LogP contribution in [0.3, 0.4) is 0 Å². The number of nitriles is 1. The van der Waals surface area contributed by atoms with Gasteiger partial charge in [-0.3, -0.25) is 0 Å². The minimum atomic E-state index is -0.227. The van der Waals surface area contributed by atoms with Crippen LogP contribution in [0.4, 0.5) is 11.8 Å². The second kappa shape index (κ2) is 9.98. The van der Waals surface area contributed by atoms with Crippen LogP contribution in [0.15, 0.2) is 24.7 Å². The Morgan fingerprint density at radius 2 is 1.94 bits per heavy atom. The van der Waals surface area contributed by atoms with Crippen LogP contribution < -0.4 is 16.0 Å². The molecule has 0 bridgehead atoms. The molecule has 2 aromatic heterocycles. The maximum atomic E-state index is 9.24. The van der Waals surface area contributed by atoms with E-state index in [1.807, 2.05) is 12.1 Å². The van der Waals surface area contributed by atoms with Gasteiger partial charge in [-0.1, -0.05) is 0 Å². The maximum Gasteiger partial charge on any atom is 0.223 e. The molecule has 3 N–H and O–H groups in total. The zero-order valence-electron chi connectivity index (χ0n) is 18.0. The molecule has 2 fully saturated rings. The zero-order chi connectivity index (χ0) is 21.5. The highest BCUT2D eigenvalue weighted by molar-refractivity contribution is 5.59. The van der Waals surface area contributed by atoms with Crippen molar-refractivity contribution < 1.29 is 4.74 Å². The van der Waals surface area contributed by atoms with Crippen molar-refractivity contribution in [3.8, 4) is 17.5 Å². The van der Waals surface area contributed by atoms with Gasteiger partial charge >= 0.3 is 0 Å². The molecule has 164 valence electrons. The van der Waals surface area contributed by atoms with Gasteiger partial charge in [0.25, 0.3) is 0 Å². The van der Waals surface area contributed by atoms with Crippen LogP contribution in [0.1, 0.15) is 38.5 Å². The van der Waals surface area contributed by atoms with Gasteiger partial charge in [0, 0.05) is 44.5 Å². The van der Waals surface area contributed by atoms with Crippen molar-refractivity contribution in [3.63, 3.8) is 0 Å². The number of aromatic nitrogens is 4. The van der Waals surface area contributed by atoms with Crippen molar-refractivity contribution in [3.05, 3.63) is 24.7 Å². The second-order valence-corrected chi connectivity index (χ2v) is 8.44. The first kappa shape index (κ1) is 21.4. The molecule has 2 aromatic rings. The normalized spacial score (nSPS) is 21.8. The highest BCUT2D eigenvalue weighted by Crippen LogP contribution is 2.44. The Morgan fingerprint density at radius 1 is 1.13 bits per heavy atom. The highest BCUT2D eigenvalue weighted by atomic mass is 16.5. The van der Waals surface area contributed by atoms with Crippen LogP contribution in [0, 0.1) is 16.7 Å². The summed E-state index contributed by atoms with van der Waals surface area (Å²) >= 11 is 0. The van der Waals surface area contributed by atoms with E-state index in [1.54, 1.807) is 13.3 Å². The van der Waals surface area contributed by atoms with Gasteiger partial charge in [-0.25, -0.2) is 19.9 Å². The summed E-state index contributed by atoms with van der Waals surface area (Å²) in [5, 5.41) is 19.5. The van der Waals surface area contributed by atoms with E-state index in [9.17, 15) is 5.26 Å². The van der Waals surface area contributed by atoms with E-state index in [2.05, 4.69) is 42.0 Å². The molecule has 2 aliphatic rings. The molecule has 0 aromatic carbocycles. The molecule has 0 aliphatic heterocycles. The summed E-state index contributed by atoms with van der Waals surface area (Å²) in [6.45, 7) is 2.26. The first-order valence-corrected chi connectivity index (χ1v) is 11.0. The first-order chi connectivity index (χ1) is 15.2. The van der Waals surface area contributed by atoms with Gasteiger partial charge in [-0.15, -0.1) is 0 Å². The van der Waals surface area contributed by atoms with E-state index in [0.29, 0.717) is 30.4 Å². The largest absolute Gasteiger partial charge is 0.383 e. The fourth-order valence-electron chi connectivity index (χ4n) is 3.89. The maximum absolute atomic E-state index is 9.24. The second-order valence-electron chi connectivity index (χ2n) is 8.44. The Balaban J connectivity index is 1.32. The SMILES string of the molecule is COCCNC1CCC(Nc2nccc(-c3cc(NCC4(C#N)CC4)ncn3)n2)CC1. The third-order valence-electron chi connectivity index (χ3n) is 6.08. The van der Waals surface area contributed by atoms with E-state index in [4.69, 9.17) is 4.74 Å². The topological polar surface area (TPSA) is 121 Å². The third kappa shape index (κ3) is 5.87. The Labute approximate surface area is 183 Å². The predicted octanol–water partition coefficient (Wildman–Crippen LogP) is 2.61. The van der Waals surface area contributed by atoms with E-state index < -0.39 is 0 Å². The molecule has 0 spiro atoms. The molecule has 4 rings (SSSR count). The van der Waals surface area contributed by atoms with Crippen molar-refractivity contribution in [2.45, 2.75) is 50.6 Å². The average molecular weight is 423 g/mol. The average Bonchev–Trinajstić information content (AvgIpc) is 3.60. The Kier molecular flexibility index (Phi) is 6.89. The summed E-state index contributed by atoms with van der Waals surface area (Å²) in [4.78, 5) is 17.7. The van der Waals surface area contributed by atoms with E-state index in [0.717, 1.165) is 63.1 Å². The van der Waals surface area contributed by atoms with Crippen LogP contribution in [-0.2, 0) is 4.74 Å². The van der Waals surface area contributed by atoms with Gasteiger partial charge in [0.1, 0.15) is 12.1 Å². The number of methoxy groups -OCH3 is 1. The lowest BCUT2D eigenvalue weighted by Gasteiger charge is -2.29. The van der Waals surface area contributed by atoms with Crippen LogP contribution in [0.2, 0.25) is 0 Å². The van der Waals surface area contributed by atoms with Crippen molar-refractivity contribution in [1.29, 1.82) is 5.26 Å². The smallest absolute Gasteiger partial charge is 0.223 e. The lowest BCUT2D eigenvalue weighted by molar-refractivity contribution is 0.191. The van der Waals surface area contributed by atoms with Gasteiger partial charge in [0.05, 0.1) is 29.5 Å². The molecule has 2 heterocycles. The predicted molar refractivity (Wildman–Crippen MR) is 118 cm³/mol. The molecule has 0 amide bonds. The van der Waals surface area contributed by atoms with Crippen molar-refractivity contribution in [2.24, 2.45) is 5.41 Å². The van der Waals surface area contributed by atoms with Gasteiger partial charge in [0.15, 0.2) is 0 Å². The number of hydrogen-bond donors (Lipinski definition) is 3. The molecule has 9 nitrogen and oxygen atoms in total. The van der Waals surface area contributed by atoms with Crippen LogP contribution in [-0.4, -0.2) is 58.8 Å². The first-order valence-electron chi connectivity index (χ1n) is 11.0. The van der Waals surface area contributed by atoms with E-state index in [-0.39, 0.29) is 5.41 Å². The van der Waals surface area contributed by atoms with Gasteiger partial charge < -0.3 is 20.7 Å². The lowest BCUT2D eigenvalue weighted by Crippen LogP contribution is -2.38.